The summed E-state index contributed by atoms with van der Waals surface area (Å²) < 4.78 is 25.0. The first-order chi connectivity index (χ1) is 6.18. The van der Waals surface area contributed by atoms with Crippen molar-refractivity contribution in [2.75, 3.05) is 19.7 Å². The summed E-state index contributed by atoms with van der Waals surface area (Å²) in [6, 6.07) is 0. The van der Waals surface area contributed by atoms with Gasteiger partial charge in [0.25, 0.3) is 0 Å². The minimum Gasteiger partial charge on any atom is -0.293 e. The lowest BCUT2D eigenvalue weighted by atomic mass is 9.93. The van der Waals surface area contributed by atoms with Crippen LogP contribution in [-0.4, -0.2) is 36.3 Å². The molecule has 0 aromatic rings. The largest absolute Gasteiger partial charge is 0.293 e. The molecule has 13 heavy (non-hydrogen) atoms. The van der Waals surface area contributed by atoms with Gasteiger partial charge in [-0.15, -0.1) is 0 Å². The maximum absolute atomic E-state index is 13.1. The first-order valence-corrected chi connectivity index (χ1v) is 4.81. The van der Waals surface area contributed by atoms with E-state index in [9.17, 15) is 8.92 Å². The van der Waals surface area contributed by atoms with Crippen molar-refractivity contribution < 1.29 is 13.9 Å². The second-order valence-electron chi connectivity index (χ2n) is 3.67. The molecule has 4 heteroatoms. The highest BCUT2D eigenvalue weighted by molar-refractivity contribution is 4.98. The van der Waals surface area contributed by atoms with Crippen LogP contribution in [0, 0.1) is 0 Å². The summed E-state index contributed by atoms with van der Waals surface area (Å²) >= 11 is 0. The summed E-state index contributed by atoms with van der Waals surface area (Å²) in [6.07, 6.45) is 0.280. The Hall–Kier alpha value is -0.220. The first kappa shape index (κ1) is 10.9. The first-order valence-electron chi connectivity index (χ1n) is 4.81. The third kappa shape index (κ3) is 1.99. The molecule has 1 saturated heterocycles. The summed E-state index contributed by atoms with van der Waals surface area (Å²) in [6.45, 7) is 5.05. The van der Waals surface area contributed by atoms with Gasteiger partial charge in [0.2, 0.25) is 0 Å². The van der Waals surface area contributed by atoms with Gasteiger partial charge in [0.05, 0.1) is 5.54 Å². The van der Waals surface area contributed by atoms with E-state index in [1.165, 1.54) is 0 Å². The van der Waals surface area contributed by atoms with E-state index in [1.54, 1.807) is 0 Å². The van der Waals surface area contributed by atoms with Crippen molar-refractivity contribution in [1.82, 2.24) is 4.90 Å². The molecule has 0 saturated carbocycles. The van der Waals surface area contributed by atoms with Crippen LogP contribution in [0.2, 0.25) is 0 Å². The molecule has 2 atom stereocenters. The zero-order valence-electron chi connectivity index (χ0n) is 8.22. The molecular formula is C9H17F2NO. The van der Waals surface area contributed by atoms with Crippen LogP contribution in [0.3, 0.4) is 0 Å². The maximum atomic E-state index is 13.1. The second-order valence-corrected chi connectivity index (χ2v) is 3.67. The number of halogens is 2. The summed E-state index contributed by atoms with van der Waals surface area (Å²) in [4.78, 5) is 5.66. The lowest BCUT2D eigenvalue weighted by Gasteiger charge is -2.35. The molecule has 1 fully saturated rings. The third-order valence-corrected chi connectivity index (χ3v) is 3.05. The van der Waals surface area contributed by atoms with E-state index >= 15 is 0 Å². The summed E-state index contributed by atoms with van der Waals surface area (Å²) in [5.41, 5.74) is -0.414. The van der Waals surface area contributed by atoms with Crippen LogP contribution in [-0.2, 0) is 4.94 Å². The smallest absolute Gasteiger partial charge is 0.115 e. The van der Waals surface area contributed by atoms with Crippen LogP contribution in [0.4, 0.5) is 8.92 Å². The molecule has 0 aliphatic carbocycles. The Kier molecular flexibility index (Phi) is 3.62. The van der Waals surface area contributed by atoms with Crippen molar-refractivity contribution in [2.45, 2.75) is 38.4 Å². The fraction of sp³-hybridized carbons (Fsp3) is 1.00. The average molecular weight is 193 g/mol. The van der Waals surface area contributed by atoms with Crippen LogP contribution in [0.25, 0.3) is 0 Å². The molecule has 0 spiro atoms. The fourth-order valence-electron chi connectivity index (χ4n) is 2.22. The fourth-order valence-corrected chi connectivity index (χ4v) is 2.22. The lowest BCUT2D eigenvalue weighted by molar-refractivity contribution is -0.166. The molecule has 0 aromatic heterocycles. The van der Waals surface area contributed by atoms with E-state index in [1.807, 2.05) is 18.7 Å². The molecule has 1 heterocycles. The molecule has 1 rings (SSSR count). The Balaban J connectivity index is 2.70. The van der Waals surface area contributed by atoms with Gasteiger partial charge in [-0.1, -0.05) is 13.8 Å². The van der Waals surface area contributed by atoms with Crippen molar-refractivity contribution in [2.24, 2.45) is 0 Å². The molecule has 2 nitrogen and oxygen atoms in total. The van der Waals surface area contributed by atoms with Gasteiger partial charge in [-0.05, 0) is 17.5 Å². The van der Waals surface area contributed by atoms with E-state index in [0.29, 0.717) is 13.0 Å². The third-order valence-electron chi connectivity index (χ3n) is 3.05. The summed E-state index contributed by atoms with van der Waals surface area (Å²) in [7, 11) is 0. The zero-order chi connectivity index (χ0) is 9.90. The van der Waals surface area contributed by atoms with Gasteiger partial charge in [-0.2, -0.15) is 4.94 Å². The molecule has 0 bridgehead atoms. The summed E-state index contributed by atoms with van der Waals surface area (Å²) in [5.74, 6) is 0. The highest BCUT2D eigenvalue weighted by Gasteiger charge is 2.44. The highest BCUT2D eigenvalue weighted by Crippen LogP contribution is 2.34. The Morgan fingerprint density at radius 3 is 2.69 bits per heavy atom. The van der Waals surface area contributed by atoms with Crippen LogP contribution >= 0.6 is 0 Å². The highest BCUT2D eigenvalue weighted by atomic mass is 19.3. The van der Waals surface area contributed by atoms with Crippen molar-refractivity contribution in [3.05, 3.63) is 0 Å². The second kappa shape index (κ2) is 4.33. The van der Waals surface area contributed by atoms with Crippen LogP contribution in [0.15, 0.2) is 0 Å². The number of likely N-dealkylation sites (tertiary alicyclic amines) is 1. The SMILES string of the molecule is CCN1CC(F)CC1(CC)COF. The Labute approximate surface area is 77.8 Å². The topological polar surface area (TPSA) is 12.5 Å². The number of alkyl halides is 1. The quantitative estimate of drug-likeness (QED) is 0.678. The number of rotatable bonds is 4. The van der Waals surface area contributed by atoms with Crippen molar-refractivity contribution >= 4 is 0 Å². The predicted octanol–water partition coefficient (Wildman–Crippen LogP) is 2.10. The van der Waals surface area contributed by atoms with Crippen molar-refractivity contribution in [3.63, 3.8) is 0 Å². The standard InChI is InChI=1S/C9H17F2NO/c1-3-9(7-13-11)5-8(10)6-12(9)4-2/h8H,3-7H2,1-2H3. The van der Waals surface area contributed by atoms with E-state index in [2.05, 4.69) is 4.94 Å². The van der Waals surface area contributed by atoms with Crippen LogP contribution < -0.4 is 0 Å². The van der Waals surface area contributed by atoms with Gasteiger partial charge >= 0.3 is 0 Å². The van der Waals surface area contributed by atoms with Gasteiger partial charge in [0.15, 0.2) is 0 Å². The molecule has 1 aliphatic heterocycles. The monoisotopic (exact) mass is 193 g/mol. The van der Waals surface area contributed by atoms with Crippen molar-refractivity contribution in [1.29, 1.82) is 0 Å². The number of likely N-dealkylation sites (N-methyl/N-ethyl adjacent to an activating group) is 1. The molecule has 2 unspecified atom stereocenters. The molecule has 0 amide bonds. The Bertz CT molecular complexity index is 168. The number of nitrogens with zero attached hydrogens (tertiary/aromatic N) is 1. The minimum absolute atomic E-state index is 0.0161. The Morgan fingerprint density at radius 2 is 2.23 bits per heavy atom. The summed E-state index contributed by atoms with van der Waals surface area (Å²) in [5, 5.41) is 0. The molecule has 0 aromatic carbocycles. The van der Waals surface area contributed by atoms with Gasteiger partial charge < -0.3 is 0 Å². The van der Waals surface area contributed by atoms with Crippen molar-refractivity contribution in [3.8, 4) is 0 Å². The van der Waals surface area contributed by atoms with Gasteiger partial charge in [-0.3, -0.25) is 4.90 Å². The lowest BCUT2D eigenvalue weighted by Crippen LogP contribution is -2.46. The molecule has 1 aliphatic rings. The average Bonchev–Trinajstić information content (AvgIpc) is 2.43. The Morgan fingerprint density at radius 1 is 1.54 bits per heavy atom. The van der Waals surface area contributed by atoms with Gasteiger partial charge in [0.1, 0.15) is 12.8 Å². The van der Waals surface area contributed by atoms with E-state index < -0.39 is 11.7 Å². The number of hydrogen-bond donors (Lipinski definition) is 0. The predicted molar refractivity (Wildman–Crippen MR) is 46.8 cm³/mol. The molecule has 0 N–H and O–H groups in total. The van der Waals surface area contributed by atoms with E-state index in [4.69, 9.17) is 0 Å². The van der Waals surface area contributed by atoms with Crippen LogP contribution in [0.1, 0.15) is 26.7 Å². The zero-order valence-corrected chi connectivity index (χ0v) is 8.22. The van der Waals surface area contributed by atoms with Gasteiger partial charge in [0, 0.05) is 13.0 Å². The molecule has 0 radical (unpaired) electrons. The minimum atomic E-state index is -0.838. The van der Waals surface area contributed by atoms with E-state index in [-0.39, 0.29) is 6.61 Å². The maximum Gasteiger partial charge on any atom is 0.115 e. The normalized spacial score (nSPS) is 35.5. The van der Waals surface area contributed by atoms with Gasteiger partial charge in [-0.25, -0.2) is 4.39 Å². The number of hydrogen-bond acceptors (Lipinski definition) is 2. The molecule has 78 valence electrons. The molecular weight excluding hydrogens is 176 g/mol. The van der Waals surface area contributed by atoms with E-state index in [0.717, 1.165) is 13.0 Å². The van der Waals surface area contributed by atoms with Crippen LogP contribution in [0.5, 0.6) is 0 Å².